The van der Waals surface area contributed by atoms with E-state index in [-0.39, 0.29) is 50.0 Å². The van der Waals surface area contributed by atoms with Crippen LogP contribution in [-0.4, -0.2) is 29.1 Å². The summed E-state index contributed by atoms with van der Waals surface area (Å²) in [6, 6.07) is 9.42. The lowest BCUT2D eigenvalue weighted by atomic mass is 10.2. The monoisotopic (exact) mass is 568 g/mol. The fourth-order valence-corrected chi connectivity index (χ4v) is 4.07. The van der Waals surface area contributed by atoms with Gasteiger partial charge in [-0.15, -0.1) is 0 Å². The number of halogens is 6. The van der Waals surface area contributed by atoms with E-state index in [4.69, 9.17) is 79.4 Å². The Morgan fingerprint density at radius 2 is 1.45 bits per heavy atom. The molecule has 3 rings (SSSR count). The number of carbonyl (C=O) groups excluding carboxylic acids is 1. The molecule has 2 N–H and O–H groups in total. The first-order chi connectivity index (χ1) is 15.6. The van der Waals surface area contributed by atoms with E-state index >= 15 is 0 Å². The van der Waals surface area contributed by atoms with Gasteiger partial charge in [0.2, 0.25) is 0 Å². The summed E-state index contributed by atoms with van der Waals surface area (Å²) in [7, 11) is 0. The molecule has 0 bridgehead atoms. The second kappa shape index (κ2) is 13.4. The normalized spacial score (nSPS) is 11.3. The van der Waals surface area contributed by atoms with Gasteiger partial charge in [-0.05, 0) is 42.3 Å². The highest BCUT2D eigenvalue weighted by Gasteiger charge is 2.15. The number of rotatable bonds is 6. The molecule has 1 atom stereocenters. The Morgan fingerprint density at radius 1 is 0.970 bits per heavy atom. The zero-order chi connectivity index (χ0) is 24.5. The first kappa shape index (κ1) is 27.8. The molecule has 3 aromatic rings. The third kappa shape index (κ3) is 8.69. The third-order valence-electron chi connectivity index (χ3n) is 3.98. The Kier molecular flexibility index (Phi) is 11.3. The quantitative estimate of drug-likeness (QED) is 0.317. The summed E-state index contributed by atoms with van der Waals surface area (Å²) in [6.45, 7) is 2.42. The van der Waals surface area contributed by atoms with Gasteiger partial charge in [-0.3, -0.25) is 9.78 Å². The predicted molar refractivity (Wildman–Crippen MR) is 136 cm³/mol. The first-order valence-corrected chi connectivity index (χ1v) is 11.6. The van der Waals surface area contributed by atoms with Gasteiger partial charge in [0.25, 0.3) is 5.91 Å². The van der Waals surface area contributed by atoms with Gasteiger partial charge >= 0.3 is 0 Å². The smallest absolute Gasteiger partial charge is 0.252 e. The molecule has 33 heavy (non-hydrogen) atoms. The molecule has 1 amide bonds. The number of carbonyl (C=O) groups is 1. The zero-order valence-corrected chi connectivity index (χ0v) is 21.6. The minimum atomic E-state index is -0.154. The molecule has 11 heteroatoms. The van der Waals surface area contributed by atoms with E-state index in [1.54, 1.807) is 18.3 Å². The van der Waals surface area contributed by atoms with Gasteiger partial charge in [-0.2, -0.15) is 0 Å². The Bertz CT molecular complexity index is 997. The summed E-state index contributed by atoms with van der Waals surface area (Å²) in [4.78, 5) is 15.3. The Balaban J connectivity index is 0.000000245. The molecule has 2 aromatic carbocycles. The second-order valence-electron chi connectivity index (χ2n) is 6.74. The molecular formula is C22H18Cl6N2O3. The summed E-state index contributed by atoms with van der Waals surface area (Å²) in [6.07, 6.45) is 3.13. The maximum Gasteiger partial charge on any atom is 0.252 e. The molecule has 0 fully saturated rings. The number of aliphatic hydroxyl groups is 1. The van der Waals surface area contributed by atoms with Crippen LogP contribution in [0.5, 0.6) is 11.5 Å². The molecule has 0 saturated carbocycles. The van der Waals surface area contributed by atoms with Crippen molar-refractivity contribution in [1.29, 1.82) is 0 Å². The number of aliphatic hydroxyl groups excluding tert-OH is 1. The van der Waals surface area contributed by atoms with Crippen molar-refractivity contribution in [1.82, 2.24) is 10.3 Å². The summed E-state index contributed by atoms with van der Waals surface area (Å²) < 4.78 is 5.57. The number of amides is 1. The minimum absolute atomic E-state index is 0.0767. The number of nitrogens with one attached hydrogen (secondary N) is 1. The minimum Gasteiger partial charge on any atom is -0.451 e. The number of hydrogen-bond donors (Lipinski definition) is 2. The fourth-order valence-electron chi connectivity index (χ4n) is 2.29. The van der Waals surface area contributed by atoms with E-state index in [1.165, 1.54) is 30.5 Å². The van der Waals surface area contributed by atoms with Crippen molar-refractivity contribution in [2.24, 2.45) is 5.92 Å². The number of benzene rings is 2. The van der Waals surface area contributed by atoms with Crippen LogP contribution >= 0.6 is 69.6 Å². The average molecular weight is 571 g/mol. The van der Waals surface area contributed by atoms with Crippen molar-refractivity contribution in [3.8, 4) is 11.5 Å². The molecule has 1 aromatic heterocycles. The van der Waals surface area contributed by atoms with Gasteiger partial charge < -0.3 is 15.2 Å². The van der Waals surface area contributed by atoms with Crippen molar-refractivity contribution >= 4 is 75.5 Å². The van der Waals surface area contributed by atoms with E-state index in [0.29, 0.717) is 22.2 Å². The maximum atomic E-state index is 11.4. The van der Waals surface area contributed by atoms with E-state index in [2.05, 4.69) is 10.3 Å². The molecule has 0 aliphatic heterocycles. The highest BCUT2D eigenvalue weighted by Crippen LogP contribution is 2.44. The largest absolute Gasteiger partial charge is 0.451 e. The third-order valence-corrected chi connectivity index (χ3v) is 5.54. The van der Waals surface area contributed by atoms with E-state index in [9.17, 15) is 4.79 Å². The number of hydrogen-bond acceptors (Lipinski definition) is 4. The first-order valence-electron chi connectivity index (χ1n) is 9.38. The lowest BCUT2D eigenvalue weighted by Gasteiger charge is -2.12. The fraction of sp³-hybridized carbons (Fsp3) is 0.182. The van der Waals surface area contributed by atoms with Crippen molar-refractivity contribution in [2.75, 3.05) is 13.2 Å². The Labute approximate surface area is 221 Å². The van der Waals surface area contributed by atoms with Crippen LogP contribution in [0, 0.1) is 5.92 Å². The van der Waals surface area contributed by atoms with Gasteiger partial charge in [-0.1, -0.05) is 76.5 Å². The SMILES string of the molecule is CC(CO)CNC(=O)c1cccnc1.Clc1cc(Cl)c(Oc2c(Cl)cc(Cl)cc2Cl)c(Cl)c1. The second-order valence-corrected chi connectivity index (χ2v) is 9.24. The molecule has 1 heterocycles. The summed E-state index contributed by atoms with van der Waals surface area (Å²) >= 11 is 35.7. The molecule has 176 valence electrons. The topological polar surface area (TPSA) is 71.5 Å². The van der Waals surface area contributed by atoms with Crippen LogP contribution in [0.4, 0.5) is 0 Å². The molecular weight excluding hydrogens is 553 g/mol. The lowest BCUT2D eigenvalue weighted by molar-refractivity contribution is 0.0942. The Hall–Kier alpha value is -1.44. The van der Waals surface area contributed by atoms with E-state index in [0.717, 1.165) is 0 Å². The van der Waals surface area contributed by atoms with Crippen LogP contribution < -0.4 is 10.1 Å². The van der Waals surface area contributed by atoms with Crippen LogP contribution in [0.15, 0.2) is 48.8 Å². The lowest BCUT2D eigenvalue weighted by Crippen LogP contribution is -2.29. The standard InChI is InChI=1S/C12H4Cl6O.C10H14N2O2/c13-5-1-7(15)11(8(16)2-5)19-12-9(17)3-6(14)4-10(12)18;1-8(7-13)5-12-10(14)9-3-2-4-11-6-9/h1-4H;2-4,6,8,13H,5,7H2,1H3,(H,12,14). The van der Waals surface area contributed by atoms with Gasteiger partial charge in [0.15, 0.2) is 11.5 Å². The predicted octanol–water partition coefficient (Wildman–Crippen LogP) is 7.84. The van der Waals surface area contributed by atoms with Gasteiger partial charge in [-0.25, -0.2) is 0 Å². The van der Waals surface area contributed by atoms with Crippen molar-refractivity contribution in [2.45, 2.75) is 6.92 Å². The molecule has 0 radical (unpaired) electrons. The van der Waals surface area contributed by atoms with Gasteiger partial charge in [0.1, 0.15) is 0 Å². The van der Waals surface area contributed by atoms with Crippen molar-refractivity contribution in [3.05, 3.63) is 84.5 Å². The highest BCUT2D eigenvalue weighted by atomic mass is 35.5. The summed E-state index contributed by atoms with van der Waals surface area (Å²) in [5.41, 5.74) is 0.539. The number of pyridine rings is 1. The summed E-state index contributed by atoms with van der Waals surface area (Å²) in [5.74, 6) is 0.367. The highest BCUT2D eigenvalue weighted by molar-refractivity contribution is 6.41. The molecule has 1 unspecified atom stereocenters. The zero-order valence-electron chi connectivity index (χ0n) is 17.1. The number of ether oxygens (including phenoxy) is 1. The van der Waals surface area contributed by atoms with Crippen LogP contribution in [-0.2, 0) is 0 Å². The van der Waals surface area contributed by atoms with E-state index < -0.39 is 0 Å². The summed E-state index contributed by atoms with van der Waals surface area (Å²) in [5, 5.41) is 13.3. The van der Waals surface area contributed by atoms with Crippen molar-refractivity contribution < 1.29 is 14.6 Å². The van der Waals surface area contributed by atoms with Crippen LogP contribution in [0.3, 0.4) is 0 Å². The number of nitrogens with zero attached hydrogens (tertiary/aromatic N) is 1. The van der Waals surface area contributed by atoms with Crippen molar-refractivity contribution in [3.63, 3.8) is 0 Å². The molecule has 0 aliphatic rings. The number of aromatic nitrogens is 1. The van der Waals surface area contributed by atoms with E-state index in [1.807, 2.05) is 6.92 Å². The maximum absolute atomic E-state index is 11.4. The van der Waals surface area contributed by atoms with Gasteiger partial charge in [0.05, 0.1) is 25.7 Å². The average Bonchev–Trinajstić information content (AvgIpc) is 2.76. The molecule has 0 spiro atoms. The van der Waals surface area contributed by atoms with Crippen LogP contribution in [0.1, 0.15) is 17.3 Å². The Morgan fingerprint density at radius 3 is 1.85 bits per heavy atom. The van der Waals surface area contributed by atoms with Crippen LogP contribution in [0.2, 0.25) is 30.1 Å². The van der Waals surface area contributed by atoms with Crippen LogP contribution in [0.25, 0.3) is 0 Å². The van der Waals surface area contributed by atoms with Gasteiger partial charge in [0, 0.05) is 35.6 Å². The molecule has 0 aliphatic carbocycles. The molecule has 0 saturated heterocycles. The molecule has 5 nitrogen and oxygen atoms in total.